The van der Waals surface area contributed by atoms with Crippen LogP contribution in [-0.4, -0.2) is 37.2 Å². The summed E-state index contributed by atoms with van der Waals surface area (Å²) in [6, 6.07) is 0. The first-order valence-electron chi connectivity index (χ1n) is 4.87. The zero-order chi connectivity index (χ0) is 12.8. The van der Waals surface area contributed by atoms with E-state index in [9.17, 15) is 14.4 Å². The van der Waals surface area contributed by atoms with Gasteiger partial charge < -0.3 is 14.2 Å². The molecular formula is C11H12O6. The molecule has 0 aliphatic carbocycles. The molecule has 0 aromatic heterocycles. The largest absolute Gasteiger partial charge is 0.459 e. The Hall–Kier alpha value is -1.95. The smallest absolute Gasteiger partial charge is 0.338 e. The Labute approximate surface area is 97.8 Å². The number of hydrogen-bond acceptors (Lipinski definition) is 6. The van der Waals surface area contributed by atoms with Crippen molar-refractivity contribution >= 4 is 17.9 Å². The third-order valence-electron chi connectivity index (χ3n) is 1.71. The van der Waals surface area contributed by atoms with Crippen molar-refractivity contribution in [2.75, 3.05) is 13.2 Å². The topological polar surface area (TPSA) is 82.2 Å². The molecule has 0 bridgehead atoms. The highest BCUT2D eigenvalue weighted by molar-refractivity contribution is 6.04. The quantitative estimate of drug-likeness (QED) is 0.302. The van der Waals surface area contributed by atoms with Gasteiger partial charge in [0.15, 0.2) is 0 Å². The van der Waals surface area contributed by atoms with Gasteiger partial charge in [0.05, 0.1) is 6.61 Å². The highest BCUT2D eigenvalue weighted by Crippen LogP contribution is 2.09. The average Bonchev–Trinajstić information content (AvgIpc) is 3.01. The van der Waals surface area contributed by atoms with Crippen LogP contribution in [0.4, 0.5) is 0 Å². The summed E-state index contributed by atoms with van der Waals surface area (Å²) in [6.45, 7) is 6.14. The molecule has 1 saturated heterocycles. The van der Waals surface area contributed by atoms with E-state index in [0.717, 1.165) is 12.2 Å². The predicted octanol–water partition coefficient (Wildman–Crippen LogP) is 0.130. The number of ether oxygens (including phenoxy) is 3. The van der Waals surface area contributed by atoms with Gasteiger partial charge in [-0.2, -0.15) is 0 Å². The summed E-state index contributed by atoms with van der Waals surface area (Å²) in [5, 5.41) is 0. The number of rotatable bonds is 3. The lowest BCUT2D eigenvalue weighted by Crippen LogP contribution is -2.09. The minimum absolute atomic E-state index is 0.142. The Balaban J connectivity index is 0.000000181. The number of epoxide rings is 1. The van der Waals surface area contributed by atoms with Gasteiger partial charge in [0.1, 0.15) is 12.7 Å². The van der Waals surface area contributed by atoms with Crippen LogP contribution in [0.5, 0.6) is 0 Å². The summed E-state index contributed by atoms with van der Waals surface area (Å²) in [7, 11) is 0. The van der Waals surface area contributed by atoms with Crippen LogP contribution in [0.1, 0.15) is 6.92 Å². The normalized spacial score (nSPS) is 20.2. The second kappa shape index (κ2) is 5.95. The summed E-state index contributed by atoms with van der Waals surface area (Å²) in [4.78, 5) is 30.5. The van der Waals surface area contributed by atoms with Crippen molar-refractivity contribution in [3.63, 3.8) is 0 Å². The van der Waals surface area contributed by atoms with Crippen LogP contribution in [0.3, 0.4) is 0 Å². The van der Waals surface area contributed by atoms with Crippen molar-refractivity contribution in [3.8, 4) is 0 Å². The maximum Gasteiger partial charge on any atom is 0.338 e. The Morgan fingerprint density at radius 3 is 2.29 bits per heavy atom. The standard InChI is InChI=1S/C7H10O3.C4H2O3/c1-5(2)7(8)10-4-6-3-9-6;5-3-1-2-4(6)7-3/h6H,1,3-4H2,2H3;1-2H. The van der Waals surface area contributed by atoms with Crippen LogP contribution in [0.25, 0.3) is 0 Å². The summed E-state index contributed by atoms with van der Waals surface area (Å²) in [6.07, 6.45) is 2.31. The maximum absolute atomic E-state index is 10.7. The fourth-order valence-corrected chi connectivity index (χ4v) is 0.759. The van der Waals surface area contributed by atoms with E-state index in [1.54, 1.807) is 6.92 Å². The second-order valence-corrected chi connectivity index (χ2v) is 3.41. The zero-order valence-corrected chi connectivity index (χ0v) is 9.30. The molecule has 6 heteroatoms. The van der Waals surface area contributed by atoms with Gasteiger partial charge in [-0.15, -0.1) is 0 Å². The Bertz CT molecular complexity index is 361. The summed E-state index contributed by atoms with van der Waals surface area (Å²) < 4.78 is 13.6. The minimum atomic E-state index is -0.579. The van der Waals surface area contributed by atoms with E-state index >= 15 is 0 Å². The molecule has 2 aliphatic heterocycles. The van der Waals surface area contributed by atoms with Crippen molar-refractivity contribution in [1.82, 2.24) is 0 Å². The van der Waals surface area contributed by atoms with Gasteiger partial charge >= 0.3 is 17.9 Å². The van der Waals surface area contributed by atoms with Gasteiger partial charge in [0, 0.05) is 17.7 Å². The van der Waals surface area contributed by atoms with E-state index in [1.165, 1.54) is 0 Å². The molecule has 0 aromatic rings. The zero-order valence-electron chi connectivity index (χ0n) is 9.30. The number of carbonyl (C=O) groups excluding carboxylic acids is 3. The van der Waals surface area contributed by atoms with Gasteiger partial charge in [-0.1, -0.05) is 6.58 Å². The van der Waals surface area contributed by atoms with Crippen LogP contribution in [0, 0.1) is 0 Å². The van der Waals surface area contributed by atoms with E-state index in [-0.39, 0.29) is 12.1 Å². The molecule has 17 heavy (non-hydrogen) atoms. The Kier molecular flexibility index (Phi) is 4.59. The third-order valence-corrected chi connectivity index (χ3v) is 1.71. The SMILES string of the molecule is C=C(C)C(=O)OCC1CO1.O=C1C=CC(=O)O1. The van der Waals surface area contributed by atoms with Crippen LogP contribution < -0.4 is 0 Å². The van der Waals surface area contributed by atoms with Crippen molar-refractivity contribution in [1.29, 1.82) is 0 Å². The fourth-order valence-electron chi connectivity index (χ4n) is 0.759. The second-order valence-electron chi connectivity index (χ2n) is 3.41. The lowest BCUT2D eigenvalue weighted by atomic mass is 10.4. The van der Waals surface area contributed by atoms with Crippen molar-refractivity contribution in [3.05, 3.63) is 24.3 Å². The molecule has 0 spiro atoms. The van der Waals surface area contributed by atoms with E-state index < -0.39 is 11.9 Å². The predicted molar refractivity (Wildman–Crippen MR) is 55.8 cm³/mol. The minimum Gasteiger partial charge on any atom is -0.459 e. The van der Waals surface area contributed by atoms with Crippen LogP contribution in [0.2, 0.25) is 0 Å². The van der Waals surface area contributed by atoms with E-state index in [4.69, 9.17) is 9.47 Å². The molecule has 1 fully saturated rings. The van der Waals surface area contributed by atoms with Crippen molar-refractivity contribution in [2.24, 2.45) is 0 Å². The molecule has 92 valence electrons. The third kappa shape index (κ3) is 5.62. The lowest BCUT2D eigenvalue weighted by molar-refractivity contribution is -0.150. The van der Waals surface area contributed by atoms with E-state index in [1.807, 2.05) is 0 Å². The summed E-state index contributed by atoms with van der Waals surface area (Å²) >= 11 is 0. The van der Waals surface area contributed by atoms with Gasteiger partial charge in [0.25, 0.3) is 0 Å². The Morgan fingerprint density at radius 1 is 1.47 bits per heavy atom. The van der Waals surface area contributed by atoms with Crippen molar-refractivity contribution < 1.29 is 28.6 Å². The monoisotopic (exact) mass is 240 g/mol. The molecule has 0 amide bonds. The van der Waals surface area contributed by atoms with Crippen LogP contribution in [0.15, 0.2) is 24.3 Å². The van der Waals surface area contributed by atoms with Crippen LogP contribution >= 0.6 is 0 Å². The summed E-state index contributed by atoms with van der Waals surface area (Å²) in [5.74, 6) is -1.49. The molecule has 0 aromatic carbocycles. The van der Waals surface area contributed by atoms with Gasteiger partial charge in [-0.25, -0.2) is 14.4 Å². The molecule has 0 N–H and O–H groups in total. The number of esters is 3. The van der Waals surface area contributed by atoms with E-state index in [0.29, 0.717) is 18.8 Å². The van der Waals surface area contributed by atoms with Gasteiger partial charge in [0.2, 0.25) is 0 Å². The number of hydrogen-bond donors (Lipinski definition) is 0. The molecule has 1 atom stereocenters. The van der Waals surface area contributed by atoms with Gasteiger partial charge in [-0.3, -0.25) is 0 Å². The molecule has 2 heterocycles. The van der Waals surface area contributed by atoms with Crippen LogP contribution in [-0.2, 0) is 28.6 Å². The molecule has 2 aliphatic rings. The molecule has 2 rings (SSSR count). The van der Waals surface area contributed by atoms with E-state index in [2.05, 4.69) is 11.3 Å². The first-order valence-corrected chi connectivity index (χ1v) is 4.87. The number of carbonyl (C=O) groups is 3. The Morgan fingerprint density at radius 2 is 2.00 bits per heavy atom. The lowest BCUT2D eigenvalue weighted by Gasteiger charge is -1.99. The maximum atomic E-state index is 10.7. The first-order chi connectivity index (χ1) is 7.99. The molecule has 1 unspecified atom stereocenters. The van der Waals surface area contributed by atoms with Gasteiger partial charge in [-0.05, 0) is 6.92 Å². The van der Waals surface area contributed by atoms with Crippen molar-refractivity contribution in [2.45, 2.75) is 13.0 Å². The highest BCUT2D eigenvalue weighted by atomic mass is 16.6. The number of cyclic esters (lactones) is 2. The fraction of sp³-hybridized carbons (Fsp3) is 0.364. The molecular weight excluding hydrogens is 228 g/mol. The molecule has 0 radical (unpaired) electrons. The average molecular weight is 240 g/mol. The molecule has 6 nitrogen and oxygen atoms in total. The first kappa shape index (κ1) is 13.1. The highest BCUT2D eigenvalue weighted by Gasteiger charge is 2.24. The molecule has 0 saturated carbocycles. The summed E-state index contributed by atoms with van der Waals surface area (Å²) in [5.41, 5.74) is 0.431.